The van der Waals surface area contributed by atoms with Crippen LogP contribution in [0.4, 0.5) is 11.4 Å². The number of anilines is 2. The van der Waals surface area contributed by atoms with Crippen LogP contribution in [0.3, 0.4) is 0 Å². The second-order valence-electron chi connectivity index (χ2n) is 5.57. The number of hydrogen-bond donors (Lipinski definition) is 3. The van der Waals surface area contributed by atoms with Gasteiger partial charge in [-0.15, -0.1) is 0 Å². The van der Waals surface area contributed by atoms with Gasteiger partial charge in [-0.25, -0.2) is 0 Å². The third-order valence-corrected chi connectivity index (χ3v) is 3.51. The van der Waals surface area contributed by atoms with Crippen molar-refractivity contribution in [2.24, 2.45) is 0 Å². The third kappa shape index (κ3) is 4.42. The Kier molecular flexibility index (Phi) is 5.17. The number of aliphatic hydroxyl groups excluding tert-OH is 1. The molecule has 1 aliphatic heterocycles. The van der Waals surface area contributed by atoms with Crippen molar-refractivity contribution >= 4 is 17.3 Å². The maximum atomic E-state index is 12.1. The van der Waals surface area contributed by atoms with Crippen molar-refractivity contribution in [2.75, 3.05) is 37.3 Å². The van der Waals surface area contributed by atoms with Crippen molar-refractivity contribution in [3.63, 3.8) is 0 Å². The van der Waals surface area contributed by atoms with Crippen molar-refractivity contribution in [1.29, 1.82) is 0 Å². The summed E-state index contributed by atoms with van der Waals surface area (Å²) in [6.45, 7) is 5.35. The molecule has 6 heteroatoms. The number of nitrogens with two attached hydrogens (primary N) is 1. The van der Waals surface area contributed by atoms with Gasteiger partial charge in [-0.2, -0.15) is 0 Å². The minimum absolute atomic E-state index is 0.0119. The lowest BCUT2D eigenvalue weighted by Gasteiger charge is -2.35. The van der Waals surface area contributed by atoms with Gasteiger partial charge in [0.05, 0.1) is 25.4 Å². The maximum Gasteiger partial charge on any atom is 0.238 e. The van der Waals surface area contributed by atoms with E-state index in [1.807, 2.05) is 24.8 Å². The molecule has 116 valence electrons. The molecule has 1 heterocycles. The predicted octanol–water partition coefficient (Wildman–Crippen LogP) is 0.597. The zero-order chi connectivity index (χ0) is 15.4. The molecule has 21 heavy (non-hydrogen) atoms. The Morgan fingerprint density at radius 1 is 1.52 bits per heavy atom. The van der Waals surface area contributed by atoms with Gasteiger partial charge in [0.15, 0.2) is 0 Å². The van der Waals surface area contributed by atoms with E-state index in [0.717, 1.165) is 11.3 Å². The molecule has 1 amide bonds. The lowest BCUT2D eigenvalue weighted by Crippen LogP contribution is -2.50. The Morgan fingerprint density at radius 2 is 2.29 bits per heavy atom. The minimum Gasteiger partial charge on any atom is -0.399 e. The van der Waals surface area contributed by atoms with Crippen LogP contribution in [0.15, 0.2) is 18.2 Å². The Labute approximate surface area is 124 Å². The molecule has 2 rings (SSSR count). The fourth-order valence-electron chi connectivity index (χ4n) is 2.54. The van der Waals surface area contributed by atoms with Gasteiger partial charge in [0.2, 0.25) is 5.91 Å². The van der Waals surface area contributed by atoms with Crippen molar-refractivity contribution in [1.82, 2.24) is 4.90 Å². The van der Waals surface area contributed by atoms with Crippen molar-refractivity contribution in [3.05, 3.63) is 23.8 Å². The number of rotatable bonds is 4. The Morgan fingerprint density at radius 3 is 3.00 bits per heavy atom. The quantitative estimate of drug-likeness (QED) is 0.708. The molecule has 0 aliphatic carbocycles. The van der Waals surface area contributed by atoms with E-state index in [4.69, 9.17) is 10.5 Å². The van der Waals surface area contributed by atoms with Crippen LogP contribution >= 0.6 is 0 Å². The Balaban J connectivity index is 1.93. The van der Waals surface area contributed by atoms with Gasteiger partial charge in [-0.1, -0.05) is 6.07 Å². The molecule has 2 atom stereocenters. The summed E-state index contributed by atoms with van der Waals surface area (Å²) in [6.07, 6.45) is -0.214. The number of hydrogen-bond acceptors (Lipinski definition) is 5. The summed E-state index contributed by atoms with van der Waals surface area (Å²) >= 11 is 0. The first kappa shape index (κ1) is 15.8. The molecule has 1 saturated heterocycles. The summed E-state index contributed by atoms with van der Waals surface area (Å²) < 4.78 is 5.56. The first-order valence-corrected chi connectivity index (χ1v) is 7.12. The molecule has 0 aromatic heterocycles. The highest BCUT2D eigenvalue weighted by atomic mass is 16.5. The number of aryl methyl sites for hydroxylation is 1. The monoisotopic (exact) mass is 293 g/mol. The summed E-state index contributed by atoms with van der Waals surface area (Å²) in [6, 6.07) is 5.44. The van der Waals surface area contributed by atoms with Gasteiger partial charge in [0, 0.05) is 24.5 Å². The standard InChI is InChI=1S/C15H23N3O3/c1-10-3-4-12(16)5-14(10)17-15(20)8-18-6-11(2)21-13(7-18)9-19/h3-5,11,13,19H,6-9,16H2,1-2H3,(H,17,20). The molecular formula is C15H23N3O3. The zero-order valence-electron chi connectivity index (χ0n) is 12.5. The van der Waals surface area contributed by atoms with E-state index >= 15 is 0 Å². The van der Waals surface area contributed by atoms with Crippen LogP contribution in [0, 0.1) is 6.92 Å². The van der Waals surface area contributed by atoms with Crippen LogP contribution in [-0.2, 0) is 9.53 Å². The molecule has 0 spiro atoms. The highest BCUT2D eigenvalue weighted by Gasteiger charge is 2.26. The fourth-order valence-corrected chi connectivity index (χ4v) is 2.54. The molecule has 0 saturated carbocycles. The van der Waals surface area contributed by atoms with E-state index in [1.54, 1.807) is 12.1 Å². The number of nitrogen functional groups attached to an aromatic ring is 1. The first-order chi connectivity index (χ1) is 9.97. The lowest BCUT2D eigenvalue weighted by atomic mass is 10.2. The van der Waals surface area contributed by atoms with Gasteiger partial charge in [-0.05, 0) is 31.5 Å². The molecule has 0 bridgehead atoms. The summed E-state index contributed by atoms with van der Waals surface area (Å²) in [5.74, 6) is -0.0884. The SMILES string of the molecule is Cc1ccc(N)cc1NC(=O)CN1CC(C)OC(CO)C1. The zero-order valence-corrected chi connectivity index (χ0v) is 12.5. The molecular weight excluding hydrogens is 270 g/mol. The minimum atomic E-state index is -0.226. The maximum absolute atomic E-state index is 12.1. The van der Waals surface area contributed by atoms with Crippen molar-refractivity contribution in [2.45, 2.75) is 26.1 Å². The topological polar surface area (TPSA) is 87.8 Å². The van der Waals surface area contributed by atoms with Crippen molar-refractivity contribution in [3.8, 4) is 0 Å². The molecule has 2 unspecified atom stereocenters. The van der Waals surface area contributed by atoms with Crippen LogP contribution in [0.2, 0.25) is 0 Å². The van der Waals surface area contributed by atoms with E-state index in [0.29, 0.717) is 18.8 Å². The van der Waals surface area contributed by atoms with Crippen LogP contribution in [0.25, 0.3) is 0 Å². The molecule has 6 nitrogen and oxygen atoms in total. The van der Waals surface area contributed by atoms with E-state index in [1.165, 1.54) is 0 Å². The normalized spacial score (nSPS) is 23.0. The summed E-state index contributed by atoms with van der Waals surface area (Å²) in [5, 5.41) is 12.1. The highest BCUT2D eigenvalue weighted by molar-refractivity contribution is 5.93. The Hall–Kier alpha value is -1.63. The fraction of sp³-hybridized carbons (Fsp3) is 0.533. The van der Waals surface area contributed by atoms with E-state index in [-0.39, 0.29) is 31.3 Å². The van der Waals surface area contributed by atoms with Crippen LogP contribution < -0.4 is 11.1 Å². The second kappa shape index (κ2) is 6.89. The smallest absolute Gasteiger partial charge is 0.238 e. The number of ether oxygens (including phenoxy) is 1. The summed E-state index contributed by atoms with van der Waals surface area (Å²) in [5.41, 5.74) is 8.07. The first-order valence-electron chi connectivity index (χ1n) is 7.12. The molecule has 1 aliphatic rings. The highest BCUT2D eigenvalue weighted by Crippen LogP contribution is 2.18. The van der Waals surface area contributed by atoms with E-state index in [9.17, 15) is 9.90 Å². The average Bonchev–Trinajstić information content (AvgIpc) is 2.42. The molecule has 4 N–H and O–H groups in total. The molecule has 0 radical (unpaired) electrons. The van der Waals surface area contributed by atoms with Crippen LogP contribution in [0.5, 0.6) is 0 Å². The van der Waals surface area contributed by atoms with Crippen LogP contribution in [0.1, 0.15) is 12.5 Å². The number of nitrogens with zero attached hydrogens (tertiary/aromatic N) is 1. The number of morpholine rings is 1. The number of aliphatic hydroxyl groups is 1. The second-order valence-corrected chi connectivity index (χ2v) is 5.57. The average molecular weight is 293 g/mol. The summed E-state index contributed by atoms with van der Waals surface area (Å²) in [4.78, 5) is 14.1. The molecule has 1 aromatic rings. The number of carbonyl (C=O) groups is 1. The molecule has 1 fully saturated rings. The number of carbonyl (C=O) groups excluding carboxylic acids is 1. The molecule has 1 aromatic carbocycles. The number of benzene rings is 1. The van der Waals surface area contributed by atoms with Gasteiger partial charge in [-0.3, -0.25) is 9.69 Å². The van der Waals surface area contributed by atoms with Gasteiger partial charge < -0.3 is 20.9 Å². The predicted molar refractivity (Wildman–Crippen MR) is 82.1 cm³/mol. The van der Waals surface area contributed by atoms with Crippen molar-refractivity contribution < 1.29 is 14.6 Å². The van der Waals surface area contributed by atoms with E-state index in [2.05, 4.69) is 5.32 Å². The van der Waals surface area contributed by atoms with E-state index < -0.39 is 0 Å². The largest absolute Gasteiger partial charge is 0.399 e. The van der Waals surface area contributed by atoms with Gasteiger partial charge >= 0.3 is 0 Å². The van der Waals surface area contributed by atoms with Crippen LogP contribution in [-0.4, -0.2) is 54.4 Å². The summed E-state index contributed by atoms with van der Waals surface area (Å²) in [7, 11) is 0. The van der Waals surface area contributed by atoms with Gasteiger partial charge in [0.1, 0.15) is 0 Å². The third-order valence-electron chi connectivity index (χ3n) is 3.51. The number of nitrogens with one attached hydrogen (secondary N) is 1. The number of amides is 1. The van der Waals surface area contributed by atoms with Gasteiger partial charge in [0.25, 0.3) is 0 Å². The lowest BCUT2D eigenvalue weighted by molar-refractivity contribution is -0.124. The Bertz CT molecular complexity index is 507.